The number of ether oxygens (including phenoxy) is 2. The van der Waals surface area contributed by atoms with Gasteiger partial charge in [-0.15, -0.1) is 10.2 Å². The van der Waals surface area contributed by atoms with E-state index < -0.39 is 0 Å². The number of benzene rings is 2. The highest BCUT2D eigenvalue weighted by atomic mass is 32.2. The maximum absolute atomic E-state index is 12.7. The summed E-state index contributed by atoms with van der Waals surface area (Å²) >= 11 is 1.38. The van der Waals surface area contributed by atoms with Crippen molar-refractivity contribution in [3.8, 4) is 11.5 Å². The second-order valence-electron chi connectivity index (χ2n) is 8.83. The number of nitrogens with one attached hydrogen (secondary N) is 1. The van der Waals surface area contributed by atoms with Gasteiger partial charge >= 0.3 is 0 Å². The molecule has 1 amide bonds. The molecule has 3 aromatic rings. The molecule has 0 spiro atoms. The van der Waals surface area contributed by atoms with Gasteiger partial charge in [-0.25, -0.2) is 0 Å². The Balaban J connectivity index is 1.73. The van der Waals surface area contributed by atoms with Crippen molar-refractivity contribution >= 4 is 23.4 Å². The van der Waals surface area contributed by atoms with Crippen LogP contribution >= 0.6 is 11.8 Å². The van der Waals surface area contributed by atoms with Crippen LogP contribution in [0.2, 0.25) is 0 Å². The van der Waals surface area contributed by atoms with Gasteiger partial charge in [0.15, 0.2) is 28.6 Å². The van der Waals surface area contributed by atoms with E-state index in [1.54, 1.807) is 7.11 Å². The molecule has 1 unspecified atom stereocenters. The molecule has 0 bridgehead atoms. The number of hydrogen-bond donors (Lipinski definition) is 1. The van der Waals surface area contributed by atoms with E-state index in [9.17, 15) is 4.79 Å². The smallest absolute Gasteiger partial charge is 0.234 e. The van der Waals surface area contributed by atoms with Crippen molar-refractivity contribution in [1.29, 1.82) is 0 Å². The predicted molar refractivity (Wildman–Crippen MR) is 137 cm³/mol. The highest BCUT2D eigenvalue weighted by Gasteiger charge is 2.22. The van der Waals surface area contributed by atoms with E-state index in [-0.39, 0.29) is 17.8 Å². The number of para-hydroxylation sites is 3. The molecule has 0 radical (unpaired) electrons. The van der Waals surface area contributed by atoms with E-state index in [1.165, 1.54) is 11.8 Å². The molecule has 0 aliphatic heterocycles. The molecule has 0 aliphatic rings. The van der Waals surface area contributed by atoms with Crippen LogP contribution in [0.4, 0.5) is 5.69 Å². The van der Waals surface area contributed by atoms with E-state index >= 15 is 0 Å². The van der Waals surface area contributed by atoms with Crippen molar-refractivity contribution < 1.29 is 14.3 Å². The van der Waals surface area contributed by atoms with Gasteiger partial charge in [0.05, 0.1) is 12.9 Å². The third kappa shape index (κ3) is 6.53. The average molecular weight is 483 g/mol. The lowest BCUT2D eigenvalue weighted by molar-refractivity contribution is -0.113. The molecule has 0 aliphatic carbocycles. The van der Waals surface area contributed by atoms with Crippen LogP contribution in [0, 0.1) is 5.92 Å². The Bertz CT molecular complexity index is 1100. The summed E-state index contributed by atoms with van der Waals surface area (Å²) in [5.74, 6) is 2.89. The molecular formula is C26H34N4O3S. The number of carbonyl (C=O) groups excluding carboxylic acids is 1. The SMILES string of the molecule is COc1ccccc1OC(C)c1nnc(SCC(=O)Nc2ccccc2C(C)C)n1CC(C)C. The van der Waals surface area contributed by atoms with Gasteiger partial charge < -0.3 is 19.4 Å². The molecule has 34 heavy (non-hydrogen) atoms. The molecule has 0 saturated carbocycles. The molecule has 2 aromatic carbocycles. The van der Waals surface area contributed by atoms with Gasteiger partial charge in [-0.1, -0.05) is 69.8 Å². The van der Waals surface area contributed by atoms with Gasteiger partial charge in [0.2, 0.25) is 5.91 Å². The summed E-state index contributed by atoms with van der Waals surface area (Å²) < 4.78 is 13.6. The zero-order valence-electron chi connectivity index (χ0n) is 20.7. The summed E-state index contributed by atoms with van der Waals surface area (Å²) in [6.07, 6.45) is -0.344. The van der Waals surface area contributed by atoms with Gasteiger partial charge in [-0.05, 0) is 42.5 Å². The summed E-state index contributed by atoms with van der Waals surface area (Å²) in [5, 5.41) is 12.5. The largest absolute Gasteiger partial charge is 0.493 e. The van der Waals surface area contributed by atoms with Crippen LogP contribution in [0.3, 0.4) is 0 Å². The number of hydrogen-bond acceptors (Lipinski definition) is 6. The molecule has 3 rings (SSSR count). The summed E-state index contributed by atoms with van der Waals surface area (Å²) in [4.78, 5) is 12.7. The van der Waals surface area contributed by atoms with Crippen LogP contribution in [0.15, 0.2) is 53.7 Å². The number of amides is 1. The highest BCUT2D eigenvalue weighted by molar-refractivity contribution is 7.99. The minimum atomic E-state index is -0.344. The number of methoxy groups -OCH3 is 1. The van der Waals surface area contributed by atoms with Crippen molar-refractivity contribution in [2.45, 2.75) is 58.3 Å². The first kappa shape index (κ1) is 25.6. The molecule has 1 heterocycles. The maximum atomic E-state index is 12.7. The molecule has 7 nitrogen and oxygen atoms in total. The second-order valence-corrected chi connectivity index (χ2v) is 9.78. The third-order valence-electron chi connectivity index (χ3n) is 5.22. The lowest BCUT2D eigenvalue weighted by Crippen LogP contribution is -2.18. The highest BCUT2D eigenvalue weighted by Crippen LogP contribution is 2.31. The summed E-state index contributed by atoms with van der Waals surface area (Å²) in [6.45, 7) is 11.2. The topological polar surface area (TPSA) is 78.3 Å². The fourth-order valence-electron chi connectivity index (χ4n) is 3.63. The number of nitrogens with zero attached hydrogens (tertiary/aromatic N) is 3. The van der Waals surface area contributed by atoms with Gasteiger partial charge in [0.25, 0.3) is 0 Å². The first-order valence-electron chi connectivity index (χ1n) is 11.5. The Labute approximate surface area is 206 Å². The van der Waals surface area contributed by atoms with Crippen LogP contribution < -0.4 is 14.8 Å². The first-order chi connectivity index (χ1) is 16.3. The van der Waals surface area contributed by atoms with Crippen LogP contribution in [0.1, 0.15) is 58.0 Å². The van der Waals surface area contributed by atoms with E-state index in [0.29, 0.717) is 34.3 Å². The summed E-state index contributed by atoms with van der Waals surface area (Å²) in [7, 11) is 1.62. The van der Waals surface area contributed by atoms with Crippen molar-refractivity contribution in [3.05, 3.63) is 59.9 Å². The van der Waals surface area contributed by atoms with Gasteiger partial charge in [0, 0.05) is 12.2 Å². The average Bonchev–Trinajstić information content (AvgIpc) is 3.20. The third-order valence-corrected chi connectivity index (χ3v) is 6.19. The Hall–Kier alpha value is -3.00. The monoisotopic (exact) mass is 482 g/mol. The number of rotatable bonds is 11. The standard InChI is InChI=1S/C26H34N4O3S/c1-17(2)15-30-25(19(5)33-23-14-10-9-13-22(23)32-6)28-29-26(30)34-16-24(31)27-21-12-8-7-11-20(21)18(3)4/h7-14,17-19H,15-16H2,1-6H3,(H,27,31). The zero-order chi connectivity index (χ0) is 24.7. The van der Waals surface area contributed by atoms with Crippen LogP contribution in [-0.4, -0.2) is 33.5 Å². The molecule has 1 aromatic heterocycles. The summed E-state index contributed by atoms with van der Waals surface area (Å²) in [5.41, 5.74) is 1.97. The Morgan fingerprint density at radius 1 is 1.00 bits per heavy atom. The van der Waals surface area contributed by atoms with E-state index in [4.69, 9.17) is 9.47 Å². The Morgan fingerprint density at radius 3 is 2.35 bits per heavy atom. The van der Waals surface area contributed by atoms with Crippen molar-refractivity contribution in [2.75, 3.05) is 18.2 Å². The molecule has 1 N–H and O–H groups in total. The zero-order valence-corrected chi connectivity index (χ0v) is 21.6. The fourth-order valence-corrected chi connectivity index (χ4v) is 4.39. The first-order valence-corrected chi connectivity index (χ1v) is 12.5. The number of anilines is 1. The number of thioether (sulfide) groups is 1. The van der Waals surface area contributed by atoms with Gasteiger partial charge in [-0.3, -0.25) is 4.79 Å². The molecule has 0 saturated heterocycles. The number of aromatic nitrogens is 3. The van der Waals surface area contributed by atoms with E-state index in [0.717, 1.165) is 17.8 Å². The second kappa shape index (κ2) is 11.9. The lowest BCUT2D eigenvalue weighted by atomic mass is 10.0. The molecule has 0 fully saturated rings. The van der Waals surface area contributed by atoms with Crippen molar-refractivity contribution in [3.63, 3.8) is 0 Å². The normalized spacial score (nSPS) is 12.1. The minimum Gasteiger partial charge on any atom is -0.493 e. The molecule has 182 valence electrons. The van der Waals surface area contributed by atoms with E-state index in [1.807, 2.05) is 60.0 Å². The maximum Gasteiger partial charge on any atom is 0.234 e. The van der Waals surface area contributed by atoms with E-state index in [2.05, 4.69) is 43.2 Å². The quantitative estimate of drug-likeness (QED) is 0.341. The predicted octanol–water partition coefficient (Wildman–Crippen LogP) is 5.94. The van der Waals surface area contributed by atoms with Crippen LogP contribution in [-0.2, 0) is 11.3 Å². The molecule has 8 heteroatoms. The molecule has 1 atom stereocenters. The molecular weight excluding hydrogens is 448 g/mol. The van der Waals surface area contributed by atoms with Gasteiger partial charge in [0.1, 0.15) is 0 Å². The summed E-state index contributed by atoms with van der Waals surface area (Å²) in [6, 6.07) is 15.4. The fraction of sp³-hybridized carbons (Fsp3) is 0.423. The number of carbonyl (C=O) groups is 1. The van der Waals surface area contributed by atoms with Gasteiger partial charge in [-0.2, -0.15) is 0 Å². The van der Waals surface area contributed by atoms with Crippen LogP contribution in [0.25, 0.3) is 0 Å². The van der Waals surface area contributed by atoms with Crippen molar-refractivity contribution in [1.82, 2.24) is 14.8 Å². The Kier molecular flexibility index (Phi) is 8.98. The Morgan fingerprint density at radius 2 is 1.68 bits per heavy atom. The van der Waals surface area contributed by atoms with Crippen molar-refractivity contribution in [2.24, 2.45) is 5.92 Å². The minimum absolute atomic E-state index is 0.0722. The lowest BCUT2D eigenvalue weighted by Gasteiger charge is -2.19. The van der Waals surface area contributed by atoms with Crippen LogP contribution in [0.5, 0.6) is 11.5 Å².